The van der Waals surface area contributed by atoms with Gasteiger partial charge in [0.05, 0.1) is 11.6 Å². The number of rotatable bonds is 6. The van der Waals surface area contributed by atoms with Crippen LogP contribution in [0.5, 0.6) is 0 Å². The third-order valence-electron chi connectivity index (χ3n) is 5.37. The highest BCUT2D eigenvalue weighted by molar-refractivity contribution is 6.32. The molecule has 1 heterocycles. The normalized spacial score (nSPS) is 17.2. The van der Waals surface area contributed by atoms with Crippen LogP contribution >= 0.6 is 11.6 Å². The number of Topliss-reactive ketones (excluding diaryl/α,β-unsaturated/α-hetero) is 1. The van der Waals surface area contributed by atoms with Crippen molar-refractivity contribution in [1.29, 1.82) is 0 Å². The van der Waals surface area contributed by atoms with E-state index in [0.29, 0.717) is 22.0 Å². The molecule has 0 bridgehead atoms. The van der Waals surface area contributed by atoms with E-state index in [0.717, 1.165) is 10.5 Å². The van der Waals surface area contributed by atoms with Crippen molar-refractivity contribution in [2.75, 3.05) is 10.2 Å². The lowest BCUT2D eigenvalue weighted by Gasteiger charge is -2.20. The highest BCUT2D eigenvalue weighted by atomic mass is 35.5. The molecule has 0 aromatic heterocycles. The number of anilines is 2. The Kier molecular flexibility index (Phi) is 6.37. The Bertz CT molecular complexity index is 1020. The molecule has 1 N–H and O–H groups in total. The molecule has 6 nitrogen and oxygen atoms in total. The second-order valence-corrected chi connectivity index (χ2v) is 8.01. The number of ketones is 1. The van der Waals surface area contributed by atoms with Gasteiger partial charge < -0.3 is 5.32 Å². The zero-order valence-electron chi connectivity index (χ0n) is 17.1. The molecule has 0 saturated carbocycles. The first kappa shape index (κ1) is 21.7. The maximum absolute atomic E-state index is 13.0. The molecule has 0 radical (unpaired) electrons. The standard InChI is InChI=1S/C23H23ClN2O4/c1-13-7-9-17(10-8-13)25-22(29)18(15(3)27)11-16-12-21(28)26(23(16)30)20-6-4-5-19(24)14(20)2/h4-10,16,18H,11-12H2,1-3H3,(H,25,29). The molecule has 1 fully saturated rings. The van der Waals surface area contributed by atoms with E-state index in [1.165, 1.54) is 6.92 Å². The quantitative estimate of drug-likeness (QED) is 0.557. The fourth-order valence-corrected chi connectivity index (χ4v) is 3.75. The number of nitrogens with one attached hydrogen (secondary N) is 1. The molecule has 1 aliphatic heterocycles. The Morgan fingerprint density at radius 2 is 1.80 bits per heavy atom. The summed E-state index contributed by atoms with van der Waals surface area (Å²) in [5.41, 5.74) is 2.68. The zero-order valence-corrected chi connectivity index (χ0v) is 17.8. The fraction of sp³-hybridized carbons (Fsp3) is 0.304. The van der Waals surface area contributed by atoms with Gasteiger partial charge in [-0.2, -0.15) is 0 Å². The summed E-state index contributed by atoms with van der Waals surface area (Å²) in [6, 6.07) is 12.2. The molecule has 156 valence electrons. The largest absolute Gasteiger partial charge is 0.325 e. The molecule has 1 aliphatic rings. The molecule has 2 atom stereocenters. The molecule has 2 unspecified atom stereocenters. The van der Waals surface area contributed by atoms with E-state index in [1.54, 1.807) is 37.3 Å². The second-order valence-electron chi connectivity index (χ2n) is 7.61. The lowest BCUT2D eigenvalue weighted by molar-refractivity contribution is -0.131. The minimum Gasteiger partial charge on any atom is -0.325 e. The molecule has 0 spiro atoms. The van der Waals surface area contributed by atoms with E-state index in [9.17, 15) is 19.2 Å². The molecule has 3 amide bonds. The predicted octanol–water partition coefficient (Wildman–Crippen LogP) is 4.07. The van der Waals surface area contributed by atoms with Gasteiger partial charge in [-0.15, -0.1) is 0 Å². The van der Waals surface area contributed by atoms with Crippen LogP contribution in [0, 0.1) is 25.7 Å². The van der Waals surface area contributed by atoms with Gasteiger partial charge in [-0.3, -0.25) is 19.2 Å². The number of halogens is 1. The van der Waals surface area contributed by atoms with Gasteiger partial charge in [0.1, 0.15) is 5.78 Å². The zero-order chi connectivity index (χ0) is 22.0. The second kappa shape index (κ2) is 8.79. The maximum atomic E-state index is 13.0. The molecule has 0 aliphatic carbocycles. The highest BCUT2D eigenvalue weighted by Crippen LogP contribution is 2.34. The molecular weight excluding hydrogens is 404 g/mol. The van der Waals surface area contributed by atoms with E-state index < -0.39 is 23.7 Å². The fourth-order valence-electron chi connectivity index (χ4n) is 3.58. The van der Waals surface area contributed by atoms with Crippen molar-refractivity contribution >= 4 is 46.5 Å². The summed E-state index contributed by atoms with van der Waals surface area (Å²) in [5, 5.41) is 3.18. The topological polar surface area (TPSA) is 83.6 Å². The molecular formula is C23H23ClN2O4. The number of benzene rings is 2. The smallest absolute Gasteiger partial charge is 0.237 e. The molecule has 3 rings (SSSR count). The molecule has 2 aromatic carbocycles. The van der Waals surface area contributed by atoms with E-state index in [1.807, 2.05) is 19.1 Å². The summed E-state index contributed by atoms with van der Waals surface area (Å²) in [6.07, 6.45) is -0.0694. The van der Waals surface area contributed by atoms with Gasteiger partial charge >= 0.3 is 0 Å². The minimum atomic E-state index is -1.02. The van der Waals surface area contributed by atoms with Crippen LogP contribution < -0.4 is 10.2 Å². The first-order valence-electron chi connectivity index (χ1n) is 9.69. The summed E-state index contributed by atoms with van der Waals surface area (Å²) in [7, 11) is 0. The molecule has 7 heteroatoms. The number of carbonyl (C=O) groups is 4. The van der Waals surface area contributed by atoms with Crippen molar-refractivity contribution in [2.45, 2.75) is 33.6 Å². The number of hydrogen-bond donors (Lipinski definition) is 1. The number of aryl methyl sites for hydroxylation is 1. The third-order valence-corrected chi connectivity index (χ3v) is 5.78. The van der Waals surface area contributed by atoms with Gasteiger partial charge in [-0.25, -0.2) is 4.90 Å². The predicted molar refractivity (Wildman–Crippen MR) is 115 cm³/mol. The Labute approximate surface area is 180 Å². The average Bonchev–Trinajstić information content (AvgIpc) is 2.97. The maximum Gasteiger partial charge on any atom is 0.237 e. The molecule has 30 heavy (non-hydrogen) atoms. The summed E-state index contributed by atoms with van der Waals surface area (Å²) in [5.74, 6) is -3.38. The van der Waals surface area contributed by atoms with Crippen LogP contribution in [-0.2, 0) is 19.2 Å². The molecule has 1 saturated heterocycles. The van der Waals surface area contributed by atoms with Crippen LogP contribution in [0.15, 0.2) is 42.5 Å². The van der Waals surface area contributed by atoms with Crippen molar-refractivity contribution < 1.29 is 19.2 Å². The van der Waals surface area contributed by atoms with Crippen molar-refractivity contribution in [1.82, 2.24) is 0 Å². The SMILES string of the molecule is CC(=O)C(CC1CC(=O)N(c2cccc(Cl)c2C)C1=O)C(=O)Nc1ccc(C)cc1. The van der Waals surface area contributed by atoms with Crippen LogP contribution in [0.2, 0.25) is 5.02 Å². The average molecular weight is 427 g/mol. The van der Waals surface area contributed by atoms with Crippen molar-refractivity contribution in [3.8, 4) is 0 Å². The number of amides is 3. The Hall–Kier alpha value is -2.99. The van der Waals surface area contributed by atoms with Gasteiger partial charge in [-0.1, -0.05) is 35.4 Å². The summed E-state index contributed by atoms with van der Waals surface area (Å²) in [4.78, 5) is 51.5. The van der Waals surface area contributed by atoms with Crippen LogP contribution in [0.3, 0.4) is 0 Å². The van der Waals surface area contributed by atoms with Crippen molar-refractivity contribution in [3.63, 3.8) is 0 Å². The van der Waals surface area contributed by atoms with Gasteiger partial charge in [-0.05, 0) is 57.0 Å². The summed E-state index contributed by atoms with van der Waals surface area (Å²) < 4.78 is 0. The number of imide groups is 1. The lowest BCUT2D eigenvalue weighted by atomic mass is 9.90. The lowest BCUT2D eigenvalue weighted by Crippen LogP contribution is -2.34. The van der Waals surface area contributed by atoms with E-state index in [-0.39, 0.29) is 24.5 Å². The first-order chi connectivity index (χ1) is 14.2. The van der Waals surface area contributed by atoms with Gasteiger partial charge in [0.15, 0.2) is 0 Å². The monoisotopic (exact) mass is 426 g/mol. The molecule has 2 aromatic rings. The number of carbonyl (C=O) groups excluding carboxylic acids is 4. The van der Waals surface area contributed by atoms with Gasteiger partial charge in [0.2, 0.25) is 17.7 Å². The van der Waals surface area contributed by atoms with Gasteiger partial charge in [0, 0.05) is 23.0 Å². The van der Waals surface area contributed by atoms with Crippen molar-refractivity contribution in [2.24, 2.45) is 11.8 Å². The minimum absolute atomic E-state index is 0.0201. The van der Waals surface area contributed by atoms with Crippen molar-refractivity contribution in [3.05, 3.63) is 58.6 Å². The van der Waals surface area contributed by atoms with Gasteiger partial charge in [0.25, 0.3) is 0 Å². The Balaban J connectivity index is 1.77. The van der Waals surface area contributed by atoms with E-state index in [4.69, 9.17) is 11.6 Å². The Morgan fingerprint density at radius 1 is 1.13 bits per heavy atom. The van der Waals surface area contributed by atoms with E-state index in [2.05, 4.69) is 5.32 Å². The Morgan fingerprint density at radius 3 is 2.43 bits per heavy atom. The van der Waals surface area contributed by atoms with E-state index >= 15 is 0 Å². The van der Waals surface area contributed by atoms with Crippen LogP contribution in [0.25, 0.3) is 0 Å². The third kappa shape index (κ3) is 4.44. The van der Waals surface area contributed by atoms with Crippen LogP contribution in [-0.4, -0.2) is 23.5 Å². The summed E-state index contributed by atoms with van der Waals surface area (Å²) in [6.45, 7) is 4.98. The highest BCUT2D eigenvalue weighted by Gasteiger charge is 2.42. The first-order valence-corrected chi connectivity index (χ1v) is 10.1. The number of hydrogen-bond acceptors (Lipinski definition) is 4. The van der Waals surface area contributed by atoms with Crippen LogP contribution in [0.4, 0.5) is 11.4 Å². The number of nitrogens with zero attached hydrogens (tertiary/aromatic N) is 1. The summed E-state index contributed by atoms with van der Waals surface area (Å²) >= 11 is 6.13. The van der Waals surface area contributed by atoms with Crippen LogP contribution in [0.1, 0.15) is 30.9 Å².